The third-order valence-corrected chi connectivity index (χ3v) is 10.3. The highest BCUT2D eigenvalue weighted by atomic mass is 16.5. The lowest BCUT2D eigenvalue weighted by Gasteiger charge is -2.16. The van der Waals surface area contributed by atoms with E-state index in [-0.39, 0.29) is 0 Å². The Labute approximate surface area is 309 Å². The Kier molecular flexibility index (Phi) is 10.3. The van der Waals surface area contributed by atoms with Gasteiger partial charge in [0.15, 0.2) is 0 Å². The first-order chi connectivity index (χ1) is 25.3. The van der Waals surface area contributed by atoms with Crippen molar-refractivity contribution in [3.63, 3.8) is 0 Å². The first-order valence-corrected chi connectivity index (χ1v) is 19.3. The molecule has 266 valence electrons. The molecule has 0 bridgehead atoms. The van der Waals surface area contributed by atoms with Crippen LogP contribution in [0.5, 0.6) is 11.5 Å². The zero-order valence-electron chi connectivity index (χ0n) is 32.0. The fraction of sp³-hybridized carbons (Fsp3) is 0.319. The third kappa shape index (κ3) is 6.77. The van der Waals surface area contributed by atoms with Gasteiger partial charge in [-0.3, -0.25) is 4.57 Å². The molecule has 0 N–H and O–H groups in total. The van der Waals surface area contributed by atoms with E-state index in [4.69, 9.17) is 14.8 Å². The van der Waals surface area contributed by atoms with Crippen molar-refractivity contribution in [2.24, 2.45) is 0 Å². The van der Waals surface area contributed by atoms with Gasteiger partial charge in [0.2, 0.25) is 0 Å². The molecule has 7 rings (SSSR count). The van der Waals surface area contributed by atoms with Gasteiger partial charge in [-0.1, -0.05) is 90.3 Å². The molecule has 0 spiro atoms. The minimum Gasteiger partial charge on any atom is -0.457 e. The Bertz CT molecular complexity index is 2340. The molecule has 4 aromatic carbocycles. The summed E-state index contributed by atoms with van der Waals surface area (Å²) in [6, 6.07) is 32.7. The van der Waals surface area contributed by atoms with Gasteiger partial charge in [-0.2, -0.15) is 5.10 Å². The third-order valence-electron chi connectivity index (χ3n) is 10.3. The van der Waals surface area contributed by atoms with Crippen LogP contribution in [0.15, 0.2) is 97.2 Å². The number of nitrogens with zero attached hydrogens (tertiary/aromatic N) is 4. The van der Waals surface area contributed by atoms with Gasteiger partial charge in [-0.15, -0.1) is 0 Å². The van der Waals surface area contributed by atoms with Crippen molar-refractivity contribution in [1.29, 1.82) is 0 Å². The molecule has 0 aliphatic heterocycles. The van der Waals surface area contributed by atoms with Crippen LogP contribution in [0.4, 0.5) is 0 Å². The summed E-state index contributed by atoms with van der Waals surface area (Å²) in [5.41, 5.74) is 13.5. The molecule has 0 amide bonds. The quantitative estimate of drug-likeness (QED) is 0.121. The van der Waals surface area contributed by atoms with Gasteiger partial charge in [0.25, 0.3) is 0 Å². The SMILES string of the molecule is CCCCc1ccnc(-n2c3ccccc3c3ccc(Oc4cc(C(C)C)cc(-n5nc(CCC)c(-c6c(C)cccc6C)c5CCC)c4)cc32)c1. The molecule has 0 aliphatic rings. The van der Waals surface area contributed by atoms with Crippen molar-refractivity contribution < 1.29 is 4.74 Å². The summed E-state index contributed by atoms with van der Waals surface area (Å²) in [6.07, 6.45) is 9.28. The molecule has 52 heavy (non-hydrogen) atoms. The lowest BCUT2D eigenvalue weighted by atomic mass is 9.91. The Morgan fingerprint density at radius 2 is 1.44 bits per heavy atom. The average Bonchev–Trinajstić information content (AvgIpc) is 3.66. The highest BCUT2D eigenvalue weighted by molar-refractivity contribution is 6.09. The Morgan fingerprint density at radius 1 is 0.673 bits per heavy atom. The van der Waals surface area contributed by atoms with E-state index in [1.807, 2.05) is 6.20 Å². The Balaban J connectivity index is 1.36. The Morgan fingerprint density at radius 3 is 2.19 bits per heavy atom. The van der Waals surface area contributed by atoms with E-state index in [1.165, 1.54) is 62.0 Å². The van der Waals surface area contributed by atoms with Crippen molar-refractivity contribution in [1.82, 2.24) is 19.3 Å². The minimum atomic E-state index is 0.316. The summed E-state index contributed by atoms with van der Waals surface area (Å²) < 4.78 is 11.3. The van der Waals surface area contributed by atoms with Gasteiger partial charge in [0, 0.05) is 34.7 Å². The zero-order chi connectivity index (χ0) is 36.4. The maximum Gasteiger partial charge on any atom is 0.137 e. The van der Waals surface area contributed by atoms with Crippen LogP contribution in [0.25, 0.3) is 44.4 Å². The lowest BCUT2D eigenvalue weighted by Crippen LogP contribution is -2.05. The summed E-state index contributed by atoms with van der Waals surface area (Å²) in [4.78, 5) is 4.87. The van der Waals surface area contributed by atoms with Crippen LogP contribution >= 0.6 is 0 Å². The summed E-state index contributed by atoms with van der Waals surface area (Å²) in [5.74, 6) is 2.86. The van der Waals surface area contributed by atoms with Gasteiger partial charge in [0.05, 0.1) is 28.1 Å². The monoisotopic (exact) mass is 688 g/mol. The number of fused-ring (bicyclic) bond motifs is 3. The molecule has 0 fully saturated rings. The molecule has 5 heteroatoms. The van der Waals surface area contributed by atoms with Gasteiger partial charge >= 0.3 is 0 Å². The smallest absolute Gasteiger partial charge is 0.137 e. The predicted molar refractivity (Wildman–Crippen MR) is 218 cm³/mol. The summed E-state index contributed by atoms with van der Waals surface area (Å²) in [7, 11) is 0. The standard InChI is InChI=1S/C47H52N4O/c1-8-11-19-34-24-25-48-45(26-34)50-42-21-13-12-20-39(42)40-23-22-37(30-44(40)50)52-38-28-35(31(4)5)27-36(29-38)51-43(16-10-3)47(41(49-51)15-9-2)46-32(6)17-14-18-33(46)7/h12-14,17-18,20-31H,8-11,15-16,19H2,1-7H3. The van der Waals surface area contributed by atoms with E-state index in [0.29, 0.717) is 5.92 Å². The van der Waals surface area contributed by atoms with E-state index in [1.54, 1.807) is 0 Å². The molecule has 3 aromatic heterocycles. The van der Waals surface area contributed by atoms with Gasteiger partial charge < -0.3 is 4.74 Å². The second-order valence-corrected chi connectivity index (χ2v) is 14.6. The fourth-order valence-electron chi connectivity index (χ4n) is 7.73. The number of aromatic nitrogens is 4. The average molecular weight is 689 g/mol. The van der Waals surface area contributed by atoms with Gasteiger partial charge in [-0.05, 0) is 116 Å². The Hall–Kier alpha value is -5.16. The molecule has 5 nitrogen and oxygen atoms in total. The van der Waals surface area contributed by atoms with E-state index in [9.17, 15) is 0 Å². The molecule has 0 radical (unpaired) electrons. The number of hydrogen-bond acceptors (Lipinski definition) is 3. The topological polar surface area (TPSA) is 44.9 Å². The second-order valence-electron chi connectivity index (χ2n) is 14.6. The molecular formula is C47H52N4O. The van der Waals surface area contributed by atoms with E-state index in [0.717, 1.165) is 72.6 Å². The van der Waals surface area contributed by atoms with Crippen LogP contribution in [0.1, 0.15) is 99.9 Å². The van der Waals surface area contributed by atoms with E-state index < -0.39 is 0 Å². The minimum absolute atomic E-state index is 0.316. The summed E-state index contributed by atoms with van der Waals surface area (Å²) in [6.45, 7) is 15.7. The van der Waals surface area contributed by atoms with Crippen LogP contribution < -0.4 is 4.74 Å². The molecule has 0 atom stereocenters. The molecule has 0 unspecified atom stereocenters. The van der Waals surface area contributed by atoms with Crippen molar-refractivity contribution in [2.75, 3.05) is 0 Å². The molecule has 0 aliphatic carbocycles. The highest BCUT2D eigenvalue weighted by Gasteiger charge is 2.23. The number of para-hydroxylation sites is 1. The number of aryl methyl sites for hydroxylation is 4. The predicted octanol–water partition coefficient (Wildman–Crippen LogP) is 12.8. The number of rotatable bonds is 13. The van der Waals surface area contributed by atoms with Crippen LogP contribution in [0, 0.1) is 13.8 Å². The van der Waals surface area contributed by atoms with Crippen LogP contribution in [0.3, 0.4) is 0 Å². The molecule has 0 saturated carbocycles. The fourth-order valence-corrected chi connectivity index (χ4v) is 7.73. The first-order valence-electron chi connectivity index (χ1n) is 19.3. The van der Waals surface area contributed by atoms with E-state index in [2.05, 4.69) is 149 Å². The van der Waals surface area contributed by atoms with Crippen molar-refractivity contribution in [2.45, 2.75) is 99.3 Å². The van der Waals surface area contributed by atoms with Crippen molar-refractivity contribution in [3.05, 3.63) is 131 Å². The van der Waals surface area contributed by atoms with Crippen LogP contribution in [0.2, 0.25) is 0 Å². The van der Waals surface area contributed by atoms with Crippen molar-refractivity contribution >= 4 is 21.8 Å². The zero-order valence-corrected chi connectivity index (χ0v) is 32.0. The number of pyridine rings is 1. The second kappa shape index (κ2) is 15.2. The van der Waals surface area contributed by atoms with Crippen LogP contribution in [-0.4, -0.2) is 19.3 Å². The van der Waals surface area contributed by atoms with Crippen molar-refractivity contribution in [3.8, 4) is 34.1 Å². The van der Waals surface area contributed by atoms with Gasteiger partial charge in [-0.25, -0.2) is 9.67 Å². The first kappa shape index (κ1) is 35.3. The van der Waals surface area contributed by atoms with Gasteiger partial charge in [0.1, 0.15) is 17.3 Å². The summed E-state index contributed by atoms with van der Waals surface area (Å²) >= 11 is 0. The number of ether oxygens (including phenoxy) is 1. The van der Waals surface area contributed by atoms with E-state index >= 15 is 0 Å². The lowest BCUT2D eigenvalue weighted by molar-refractivity contribution is 0.481. The maximum atomic E-state index is 6.84. The molecular weight excluding hydrogens is 637 g/mol. The largest absolute Gasteiger partial charge is 0.457 e. The number of unbranched alkanes of at least 4 members (excludes halogenated alkanes) is 1. The highest BCUT2D eigenvalue weighted by Crippen LogP contribution is 2.39. The number of benzene rings is 4. The molecule has 0 saturated heterocycles. The molecule has 3 heterocycles. The van der Waals surface area contributed by atoms with Crippen LogP contribution in [-0.2, 0) is 19.3 Å². The summed E-state index contributed by atoms with van der Waals surface area (Å²) in [5, 5.41) is 7.77. The number of hydrogen-bond donors (Lipinski definition) is 0. The molecule has 7 aromatic rings. The maximum absolute atomic E-state index is 6.84. The normalized spacial score (nSPS) is 11.7.